The Morgan fingerprint density at radius 1 is 1.03 bits per heavy atom. The summed E-state index contributed by atoms with van der Waals surface area (Å²) in [5.41, 5.74) is 3.28. The Balaban J connectivity index is 1.23. The average molecular weight is 475 g/mol. The fourth-order valence-corrected chi connectivity index (χ4v) is 4.50. The number of carbonyl (C=O) groups is 1. The van der Waals surface area contributed by atoms with Crippen LogP contribution >= 0.6 is 11.8 Å². The third-order valence-corrected chi connectivity index (χ3v) is 6.34. The molecule has 0 radical (unpaired) electrons. The van der Waals surface area contributed by atoms with Gasteiger partial charge in [-0.15, -0.1) is 10.2 Å². The van der Waals surface area contributed by atoms with Crippen molar-refractivity contribution in [3.63, 3.8) is 0 Å². The van der Waals surface area contributed by atoms with Crippen molar-refractivity contribution in [1.82, 2.24) is 14.8 Å². The lowest BCUT2D eigenvalue weighted by molar-refractivity contribution is 0.102. The van der Waals surface area contributed by atoms with Crippen molar-refractivity contribution in [3.8, 4) is 22.9 Å². The van der Waals surface area contributed by atoms with Gasteiger partial charge in [-0.25, -0.2) is 0 Å². The zero-order valence-corrected chi connectivity index (χ0v) is 19.5. The van der Waals surface area contributed by atoms with Crippen LogP contribution < -0.4 is 19.5 Å². The molecule has 0 saturated heterocycles. The first-order valence-corrected chi connectivity index (χ1v) is 11.6. The number of amides is 1. The van der Waals surface area contributed by atoms with E-state index >= 15 is 0 Å². The van der Waals surface area contributed by atoms with Crippen LogP contribution in [0, 0.1) is 6.92 Å². The van der Waals surface area contributed by atoms with Gasteiger partial charge in [-0.3, -0.25) is 9.36 Å². The molecular formula is C25H22N4O4S. The first-order chi connectivity index (χ1) is 16.6. The minimum atomic E-state index is -0.187. The largest absolute Gasteiger partial charge is 0.497 e. The van der Waals surface area contributed by atoms with Crippen molar-refractivity contribution >= 4 is 23.4 Å². The Bertz CT molecular complexity index is 1320. The molecule has 8 nitrogen and oxygen atoms in total. The van der Waals surface area contributed by atoms with Gasteiger partial charge in [0.05, 0.1) is 7.11 Å². The molecule has 0 bridgehead atoms. The van der Waals surface area contributed by atoms with Gasteiger partial charge in [-0.05, 0) is 61.0 Å². The molecule has 1 aliphatic rings. The fraction of sp³-hybridized carbons (Fsp3) is 0.160. The summed E-state index contributed by atoms with van der Waals surface area (Å²) in [6.07, 6.45) is 0. The monoisotopic (exact) mass is 474 g/mol. The highest BCUT2D eigenvalue weighted by Crippen LogP contribution is 2.34. The molecule has 1 aromatic heterocycles. The van der Waals surface area contributed by atoms with Gasteiger partial charge in [0, 0.05) is 28.8 Å². The maximum Gasteiger partial charge on any atom is 0.255 e. The number of nitrogens with zero attached hydrogens (tertiary/aromatic N) is 3. The second-order valence-electron chi connectivity index (χ2n) is 7.57. The summed E-state index contributed by atoms with van der Waals surface area (Å²) in [6.45, 7) is 2.12. The van der Waals surface area contributed by atoms with E-state index < -0.39 is 0 Å². The van der Waals surface area contributed by atoms with E-state index in [1.165, 1.54) is 0 Å². The zero-order valence-electron chi connectivity index (χ0n) is 18.6. The number of thioether (sulfide) groups is 1. The van der Waals surface area contributed by atoms with Gasteiger partial charge >= 0.3 is 0 Å². The molecule has 0 fully saturated rings. The number of hydrogen-bond donors (Lipinski definition) is 1. The van der Waals surface area contributed by atoms with E-state index in [1.54, 1.807) is 37.1 Å². The normalized spacial score (nSPS) is 11.9. The topological polar surface area (TPSA) is 87.5 Å². The van der Waals surface area contributed by atoms with E-state index in [1.807, 2.05) is 60.0 Å². The number of anilines is 1. The molecule has 9 heteroatoms. The van der Waals surface area contributed by atoms with Crippen LogP contribution in [0.4, 0.5) is 5.69 Å². The molecule has 1 amide bonds. The predicted octanol–water partition coefficient (Wildman–Crippen LogP) is 4.86. The summed E-state index contributed by atoms with van der Waals surface area (Å²) < 4.78 is 17.9. The molecule has 1 aliphatic heterocycles. The number of rotatable bonds is 7. The number of hydrogen-bond acceptors (Lipinski definition) is 7. The van der Waals surface area contributed by atoms with Crippen molar-refractivity contribution in [2.45, 2.75) is 17.8 Å². The van der Waals surface area contributed by atoms with Gasteiger partial charge in [-0.1, -0.05) is 23.9 Å². The highest BCUT2D eigenvalue weighted by molar-refractivity contribution is 7.98. The smallest absolute Gasteiger partial charge is 0.255 e. The molecule has 0 saturated carbocycles. The Labute approximate surface area is 200 Å². The number of aromatic nitrogens is 3. The molecule has 1 N–H and O–H groups in total. The van der Waals surface area contributed by atoms with Crippen molar-refractivity contribution in [1.29, 1.82) is 0 Å². The third-order valence-electron chi connectivity index (χ3n) is 5.34. The first kappa shape index (κ1) is 21.8. The van der Waals surface area contributed by atoms with Crippen LogP contribution in [-0.2, 0) is 5.75 Å². The van der Waals surface area contributed by atoms with E-state index in [9.17, 15) is 4.79 Å². The molecule has 0 atom stereocenters. The minimum Gasteiger partial charge on any atom is -0.497 e. The van der Waals surface area contributed by atoms with Gasteiger partial charge in [0.1, 0.15) is 11.6 Å². The Morgan fingerprint density at radius 2 is 1.79 bits per heavy atom. The van der Waals surface area contributed by atoms with Crippen molar-refractivity contribution < 1.29 is 19.0 Å². The maximum absolute atomic E-state index is 12.6. The molecule has 0 aliphatic carbocycles. The third kappa shape index (κ3) is 4.55. The molecule has 0 unspecified atom stereocenters. The number of carbonyl (C=O) groups excluding carboxylic acids is 1. The molecular weight excluding hydrogens is 452 g/mol. The predicted molar refractivity (Wildman–Crippen MR) is 129 cm³/mol. The second-order valence-corrected chi connectivity index (χ2v) is 8.51. The number of nitrogens with one attached hydrogen (secondary N) is 1. The molecule has 0 spiro atoms. The van der Waals surface area contributed by atoms with Crippen molar-refractivity contribution in [2.75, 3.05) is 19.2 Å². The first-order valence-electron chi connectivity index (χ1n) is 10.6. The fourth-order valence-electron chi connectivity index (χ4n) is 3.54. The summed E-state index contributed by atoms with van der Waals surface area (Å²) in [5, 5.41) is 12.3. The lowest BCUT2D eigenvalue weighted by Crippen LogP contribution is -2.11. The Morgan fingerprint density at radius 3 is 2.56 bits per heavy atom. The van der Waals surface area contributed by atoms with Crippen molar-refractivity contribution in [2.24, 2.45) is 0 Å². The highest BCUT2D eigenvalue weighted by atomic mass is 32.2. The molecule has 2 heterocycles. The summed E-state index contributed by atoms with van der Waals surface area (Å²) in [5.74, 6) is 3.42. The lowest BCUT2D eigenvalue weighted by Gasteiger charge is -2.10. The number of ether oxygens (including phenoxy) is 3. The number of fused-ring (bicyclic) bond motifs is 1. The van der Waals surface area contributed by atoms with Gasteiger partial charge in [-0.2, -0.15) is 0 Å². The van der Waals surface area contributed by atoms with E-state index in [0.29, 0.717) is 28.5 Å². The van der Waals surface area contributed by atoms with Crippen LogP contribution in [-0.4, -0.2) is 34.6 Å². The quantitative estimate of drug-likeness (QED) is 0.383. The minimum absolute atomic E-state index is 0.187. The van der Waals surface area contributed by atoms with E-state index in [2.05, 4.69) is 15.5 Å². The Kier molecular flexibility index (Phi) is 6.09. The van der Waals surface area contributed by atoms with Crippen LogP contribution in [0.25, 0.3) is 5.69 Å². The molecule has 5 rings (SSSR count). The average Bonchev–Trinajstić information content (AvgIpc) is 3.49. The summed E-state index contributed by atoms with van der Waals surface area (Å²) in [6, 6.07) is 20.6. The second kappa shape index (κ2) is 9.48. The summed E-state index contributed by atoms with van der Waals surface area (Å²) in [4.78, 5) is 12.6. The maximum atomic E-state index is 12.6. The van der Waals surface area contributed by atoms with Gasteiger partial charge in [0.15, 0.2) is 16.7 Å². The van der Waals surface area contributed by atoms with Gasteiger partial charge < -0.3 is 19.5 Å². The lowest BCUT2D eigenvalue weighted by atomic mass is 10.1. The zero-order chi connectivity index (χ0) is 23.5. The molecule has 172 valence electrons. The molecule has 34 heavy (non-hydrogen) atoms. The van der Waals surface area contributed by atoms with E-state index in [-0.39, 0.29) is 12.7 Å². The summed E-state index contributed by atoms with van der Waals surface area (Å²) in [7, 11) is 1.65. The number of benzene rings is 3. The highest BCUT2D eigenvalue weighted by Gasteiger charge is 2.15. The Hall–Kier alpha value is -3.98. The summed E-state index contributed by atoms with van der Waals surface area (Å²) >= 11 is 1.59. The van der Waals surface area contributed by atoms with Crippen LogP contribution in [0.2, 0.25) is 0 Å². The molecule has 4 aromatic rings. The van der Waals surface area contributed by atoms with Crippen LogP contribution in [0.1, 0.15) is 21.7 Å². The standard InChI is InChI=1S/C25H22N4O4S/c1-16-27-28-25(29(16)20-8-10-21(31-2)11-9-20)34-14-17-3-5-18(6-4-17)24(30)26-19-7-12-22-23(13-19)33-15-32-22/h3-13H,14-15H2,1-2H3,(H,26,30). The van der Waals surface area contributed by atoms with Gasteiger partial charge in [0.2, 0.25) is 6.79 Å². The SMILES string of the molecule is COc1ccc(-n2c(C)nnc2SCc2ccc(C(=O)Nc3ccc4c(c3)OCO4)cc2)cc1. The van der Waals surface area contributed by atoms with Crippen LogP contribution in [0.3, 0.4) is 0 Å². The number of aryl methyl sites for hydroxylation is 1. The van der Waals surface area contributed by atoms with Gasteiger partial charge in [0.25, 0.3) is 5.91 Å². The molecule has 3 aromatic carbocycles. The van der Waals surface area contributed by atoms with Crippen molar-refractivity contribution in [3.05, 3.63) is 83.7 Å². The van der Waals surface area contributed by atoms with Crippen LogP contribution in [0.5, 0.6) is 17.2 Å². The van der Waals surface area contributed by atoms with E-state index in [4.69, 9.17) is 14.2 Å². The van der Waals surface area contributed by atoms with Crippen LogP contribution in [0.15, 0.2) is 71.9 Å². The van der Waals surface area contributed by atoms with E-state index in [0.717, 1.165) is 28.0 Å². The number of methoxy groups -OCH3 is 1.